The second kappa shape index (κ2) is 7.14. The molecule has 0 aliphatic heterocycles. The quantitative estimate of drug-likeness (QED) is 0.886. The lowest BCUT2D eigenvalue weighted by molar-refractivity contribution is -0.124. The molecule has 0 radical (unpaired) electrons. The molecule has 0 heterocycles. The van der Waals surface area contributed by atoms with Crippen molar-refractivity contribution < 1.29 is 18.7 Å². The Labute approximate surface area is 157 Å². The minimum Gasteiger partial charge on any atom is -0.483 e. The lowest BCUT2D eigenvalue weighted by atomic mass is 9.88. The Morgan fingerprint density at radius 2 is 2.07 bits per heavy atom. The van der Waals surface area contributed by atoms with E-state index in [9.17, 15) is 14.0 Å². The molecule has 0 spiro atoms. The predicted molar refractivity (Wildman–Crippen MR) is 99.5 cm³/mol. The topological polar surface area (TPSA) is 55.4 Å². The van der Waals surface area contributed by atoms with Gasteiger partial charge in [-0.3, -0.25) is 9.59 Å². The number of carbonyl (C=O) groups excluding carboxylic acids is 2. The van der Waals surface area contributed by atoms with E-state index in [1.165, 1.54) is 17.7 Å². The number of ether oxygens (including phenoxy) is 1. The first-order chi connectivity index (χ1) is 13.0. The van der Waals surface area contributed by atoms with Crippen molar-refractivity contribution in [1.82, 2.24) is 5.32 Å². The lowest BCUT2D eigenvalue weighted by Crippen LogP contribution is -2.34. The molecule has 2 aliphatic carbocycles. The average Bonchev–Trinajstić information content (AvgIpc) is 2.97. The molecule has 2 aliphatic rings. The Kier molecular flexibility index (Phi) is 4.68. The Hall–Kier alpha value is -2.69. The van der Waals surface area contributed by atoms with Gasteiger partial charge in [0.25, 0.3) is 5.91 Å². The molecule has 0 saturated heterocycles. The molecule has 0 unspecified atom stereocenters. The van der Waals surface area contributed by atoms with Crippen LogP contribution in [0.3, 0.4) is 0 Å². The van der Waals surface area contributed by atoms with Crippen LogP contribution < -0.4 is 10.1 Å². The molecule has 2 aromatic rings. The smallest absolute Gasteiger partial charge is 0.258 e. The summed E-state index contributed by atoms with van der Waals surface area (Å²) in [6.45, 7) is 1.63. The predicted octanol–water partition coefficient (Wildman–Crippen LogP) is 4.09. The second-order valence-electron chi connectivity index (χ2n) is 7.36. The number of nitrogens with one attached hydrogen (secondary N) is 1. The lowest BCUT2D eigenvalue weighted by Gasteiger charge is -2.26. The number of fused-ring (bicyclic) bond motifs is 2. The summed E-state index contributed by atoms with van der Waals surface area (Å²) in [5.74, 6) is -0.635. The maximum Gasteiger partial charge on any atom is 0.258 e. The van der Waals surface area contributed by atoms with Crippen LogP contribution in [0.2, 0.25) is 0 Å². The van der Waals surface area contributed by atoms with Gasteiger partial charge in [0, 0.05) is 12.0 Å². The van der Waals surface area contributed by atoms with E-state index in [4.69, 9.17) is 4.74 Å². The van der Waals surface area contributed by atoms with Gasteiger partial charge in [-0.2, -0.15) is 0 Å². The average molecular weight is 367 g/mol. The van der Waals surface area contributed by atoms with Crippen LogP contribution >= 0.6 is 0 Å². The summed E-state index contributed by atoms with van der Waals surface area (Å²) in [5, 5.41) is 3.02. The van der Waals surface area contributed by atoms with E-state index in [2.05, 4.69) is 11.4 Å². The fraction of sp³-hybridized carbons (Fsp3) is 0.364. The van der Waals surface area contributed by atoms with Crippen LogP contribution in [0.1, 0.15) is 65.2 Å². The van der Waals surface area contributed by atoms with Crippen LogP contribution in [0.5, 0.6) is 5.75 Å². The maximum atomic E-state index is 14.1. The van der Waals surface area contributed by atoms with Gasteiger partial charge in [0.2, 0.25) is 0 Å². The number of aryl methyl sites for hydroxylation is 1. The van der Waals surface area contributed by atoms with Crippen molar-refractivity contribution in [2.24, 2.45) is 0 Å². The Morgan fingerprint density at radius 1 is 1.26 bits per heavy atom. The fourth-order valence-corrected chi connectivity index (χ4v) is 4.23. The number of hydrogen-bond acceptors (Lipinski definition) is 3. The highest BCUT2D eigenvalue weighted by Gasteiger charge is 2.32. The van der Waals surface area contributed by atoms with Gasteiger partial charge in [0.1, 0.15) is 11.6 Å². The number of carbonyl (C=O) groups is 2. The maximum absolute atomic E-state index is 14.1. The van der Waals surface area contributed by atoms with E-state index in [0.717, 1.165) is 24.8 Å². The molecule has 1 N–H and O–H groups in total. The van der Waals surface area contributed by atoms with Crippen LogP contribution in [-0.2, 0) is 11.2 Å². The van der Waals surface area contributed by atoms with Crippen LogP contribution in [0.4, 0.5) is 4.39 Å². The zero-order valence-electron chi connectivity index (χ0n) is 15.3. The first kappa shape index (κ1) is 17.7. The summed E-state index contributed by atoms with van der Waals surface area (Å²) in [7, 11) is 0. The van der Waals surface area contributed by atoms with Crippen molar-refractivity contribution in [3.8, 4) is 5.75 Å². The van der Waals surface area contributed by atoms with Gasteiger partial charge >= 0.3 is 0 Å². The van der Waals surface area contributed by atoms with E-state index >= 15 is 0 Å². The molecule has 27 heavy (non-hydrogen) atoms. The van der Waals surface area contributed by atoms with Gasteiger partial charge in [-0.05, 0) is 48.4 Å². The highest BCUT2D eigenvalue weighted by molar-refractivity contribution is 6.03. The van der Waals surface area contributed by atoms with E-state index in [0.29, 0.717) is 16.9 Å². The standard InChI is InChI=1S/C22H22FNO3/c1-13-11-18(25)22-19(10-9-16(23)21(13)22)27-12-20(26)24-17-8-4-6-14-5-2-3-7-15(14)17/h2-3,5,7,9-10,13,17H,4,6,8,11-12H2,1H3,(H,24,26)/t13-,17-/m0/s1. The number of hydrogen-bond donors (Lipinski definition) is 1. The Morgan fingerprint density at radius 3 is 2.93 bits per heavy atom. The third-order valence-electron chi connectivity index (χ3n) is 5.48. The minimum atomic E-state index is -0.390. The number of rotatable bonds is 4. The van der Waals surface area contributed by atoms with Crippen molar-refractivity contribution in [1.29, 1.82) is 0 Å². The highest BCUT2D eigenvalue weighted by atomic mass is 19.1. The molecule has 2 aromatic carbocycles. The number of benzene rings is 2. The molecule has 0 bridgehead atoms. The number of amides is 1. The van der Waals surface area contributed by atoms with Crippen LogP contribution in [0.15, 0.2) is 36.4 Å². The van der Waals surface area contributed by atoms with Crippen molar-refractivity contribution in [2.75, 3.05) is 6.61 Å². The minimum absolute atomic E-state index is 0.0216. The normalized spacial score (nSPS) is 20.7. The van der Waals surface area contributed by atoms with Crippen LogP contribution in [0, 0.1) is 5.82 Å². The zero-order valence-corrected chi connectivity index (χ0v) is 15.3. The zero-order chi connectivity index (χ0) is 19.0. The van der Waals surface area contributed by atoms with Gasteiger partial charge in [0.05, 0.1) is 11.6 Å². The van der Waals surface area contributed by atoms with E-state index in [1.807, 2.05) is 25.1 Å². The summed E-state index contributed by atoms with van der Waals surface area (Å²) < 4.78 is 19.7. The largest absolute Gasteiger partial charge is 0.483 e. The molecule has 0 saturated carbocycles. The van der Waals surface area contributed by atoms with Crippen molar-refractivity contribution in [2.45, 2.75) is 44.6 Å². The SMILES string of the molecule is C[C@H]1CC(=O)c2c(OCC(=O)N[C@H]3CCCc4ccccc43)ccc(F)c21. The first-order valence-corrected chi connectivity index (χ1v) is 9.40. The molecular formula is C22H22FNO3. The summed E-state index contributed by atoms with van der Waals surface area (Å²) in [5.41, 5.74) is 3.12. The van der Waals surface area contributed by atoms with Crippen molar-refractivity contribution in [3.05, 3.63) is 64.5 Å². The first-order valence-electron chi connectivity index (χ1n) is 9.40. The highest BCUT2D eigenvalue weighted by Crippen LogP contribution is 2.39. The fourth-order valence-electron chi connectivity index (χ4n) is 4.23. The Bertz CT molecular complexity index is 908. The van der Waals surface area contributed by atoms with Gasteiger partial charge in [-0.25, -0.2) is 4.39 Å². The number of ketones is 1. The molecule has 4 rings (SSSR count). The molecular weight excluding hydrogens is 345 g/mol. The molecule has 140 valence electrons. The van der Waals surface area contributed by atoms with E-state index < -0.39 is 0 Å². The molecule has 5 heteroatoms. The molecule has 0 fully saturated rings. The summed E-state index contributed by atoms with van der Waals surface area (Å²) in [6.07, 6.45) is 3.23. The van der Waals surface area contributed by atoms with E-state index in [-0.39, 0.29) is 42.5 Å². The van der Waals surface area contributed by atoms with Crippen molar-refractivity contribution in [3.63, 3.8) is 0 Å². The third-order valence-corrected chi connectivity index (χ3v) is 5.48. The van der Waals surface area contributed by atoms with Gasteiger partial charge in [-0.1, -0.05) is 31.2 Å². The summed E-state index contributed by atoms with van der Waals surface area (Å²) >= 11 is 0. The molecule has 1 amide bonds. The number of Topliss-reactive ketones (excluding diaryl/α,β-unsaturated/α-hetero) is 1. The number of halogens is 1. The van der Waals surface area contributed by atoms with E-state index in [1.54, 1.807) is 0 Å². The Balaban J connectivity index is 1.45. The van der Waals surface area contributed by atoms with Crippen LogP contribution in [-0.4, -0.2) is 18.3 Å². The van der Waals surface area contributed by atoms with Crippen LogP contribution in [0.25, 0.3) is 0 Å². The second-order valence-corrected chi connectivity index (χ2v) is 7.36. The summed E-state index contributed by atoms with van der Waals surface area (Å²) in [4.78, 5) is 24.6. The molecule has 0 aromatic heterocycles. The van der Waals surface area contributed by atoms with Gasteiger partial charge in [-0.15, -0.1) is 0 Å². The van der Waals surface area contributed by atoms with Crippen molar-refractivity contribution >= 4 is 11.7 Å². The monoisotopic (exact) mass is 367 g/mol. The van der Waals surface area contributed by atoms with Gasteiger partial charge < -0.3 is 10.1 Å². The summed E-state index contributed by atoms with van der Waals surface area (Å²) in [6, 6.07) is 10.9. The molecule has 4 nitrogen and oxygen atoms in total. The third kappa shape index (κ3) is 3.34. The van der Waals surface area contributed by atoms with Gasteiger partial charge in [0.15, 0.2) is 12.4 Å². The molecule has 2 atom stereocenters.